The number of aliphatic hydroxyl groups is 1. The lowest BCUT2D eigenvalue weighted by atomic mass is 9.85. The molecule has 2 rings (SSSR count). The number of carboxylic acids is 1. The number of hydrogen-bond acceptors (Lipinski definition) is 5. The second-order valence-corrected chi connectivity index (χ2v) is 4.57. The maximum atomic E-state index is 10.6. The lowest BCUT2D eigenvalue weighted by molar-refractivity contribution is 0.0690. The molecule has 1 aromatic heterocycles. The van der Waals surface area contributed by atoms with Crippen molar-refractivity contribution in [2.45, 2.75) is 31.7 Å². The van der Waals surface area contributed by atoms with Gasteiger partial charge in [-0.3, -0.25) is 0 Å². The van der Waals surface area contributed by atoms with Crippen LogP contribution in [-0.2, 0) is 0 Å². The van der Waals surface area contributed by atoms with Crippen LogP contribution >= 0.6 is 0 Å². The predicted molar refractivity (Wildman–Crippen MR) is 65.4 cm³/mol. The second kappa shape index (κ2) is 5.77. The van der Waals surface area contributed by atoms with Crippen LogP contribution in [-0.4, -0.2) is 38.8 Å². The standard InChI is InChI=1S/C12H17N3O3/c16-7-8-3-1-2-4-9(8)15-11-6-13-10(5-14-11)12(17)18/h5-6,8-9,16H,1-4,7H2,(H,14,15)(H,17,18). The molecule has 18 heavy (non-hydrogen) atoms. The first-order valence-electron chi connectivity index (χ1n) is 6.13. The summed E-state index contributed by atoms with van der Waals surface area (Å²) in [6.45, 7) is 0.165. The summed E-state index contributed by atoms with van der Waals surface area (Å²) in [5.41, 5.74) is -0.0668. The Balaban J connectivity index is 2.01. The lowest BCUT2D eigenvalue weighted by Gasteiger charge is -2.31. The molecule has 1 aliphatic rings. The van der Waals surface area contributed by atoms with Gasteiger partial charge in [0.05, 0.1) is 12.4 Å². The minimum Gasteiger partial charge on any atom is -0.476 e. The average Bonchev–Trinajstić information content (AvgIpc) is 2.40. The second-order valence-electron chi connectivity index (χ2n) is 4.57. The SMILES string of the molecule is O=C(O)c1cnc(NC2CCCCC2CO)cn1. The highest BCUT2D eigenvalue weighted by molar-refractivity contribution is 5.84. The van der Waals surface area contributed by atoms with E-state index >= 15 is 0 Å². The highest BCUT2D eigenvalue weighted by Gasteiger charge is 2.24. The summed E-state index contributed by atoms with van der Waals surface area (Å²) in [7, 11) is 0. The minimum absolute atomic E-state index is 0.0668. The van der Waals surface area contributed by atoms with E-state index in [0.29, 0.717) is 5.82 Å². The Morgan fingerprint density at radius 1 is 1.33 bits per heavy atom. The number of rotatable bonds is 4. The van der Waals surface area contributed by atoms with Gasteiger partial charge in [-0.1, -0.05) is 12.8 Å². The van der Waals surface area contributed by atoms with Crippen molar-refractivity contribution in [3.8, 4) is 0 Å². The zero-order chi connectivity index (χ0) is 13.0. The number of carboxylic acid groups (broad SMARTS) is 1. The Morgan fingerprint density at radius 2 is 2.11 bits per heavy atom. The highest BCUT2D eigenvalue weighted by atomic mass is 16.4. The normalized spacial score (nSPS) is 23.6. The van der Waals surface area contributed by atoms with E-state index in [4.69, 9.17) is 5.11 Å². The van der Waals surface area contributed by atoms with Crippen molar-refractivity contribution in [2.24, 2.45) is 5.92 Å². The maximum Gasteiger partial charge on any atom is 0.356 e. The molecular formula is C12H17N3O3. The van der Waals surface area contributed by atoms with Crippen molar-refractivity contribution in [1.82, 2.24) is 9.97 Å². The Kier molecular flexibility index (Phi) is 4.09. The van der Waals surface area contributed by atoms with Crippen LogP contribution in [0.5, 0.6) is 0 Å². The zero-order valence-corrected chi connectivity index (χ0v) is 10.0. The highest BCUT2D eigenvalue weighted by Crippen LogP contribution is 2.26. The van der Waals surface area contributed by atoms with Crippen LogP contribution in [0.25, 0.3) is 0 Å². The summed E-state index contributed by atoms with van der Waals surface area (Å²) in [6, 6.07) is 0.189. The van der Waals surface area contributed by atoms with Crippen LogP contribution in [0.4, 0.5) is 5.82 Å². The molecule has 98 valence electrons. The summed E-state index contributed by atoms with van der Waals surface area (Å²) in [6.07, 6.45) is 6.94. The fraction of sp³-hybridized carbons (Fsp3) is 0.583. The number of aliphatic hydroxyl groups excluding tert-OH is 1. The van der Waals surface area contributed by atoms with E-state index in [2.05, 4.69) is 15.3 Å². The Morgan fingerprint density at radius 3 is 2.72 bits per heavy atom. The smallest absolute Gasteiger partial charge is 0.356 e. The molecule has 3 N–H and O–H groups in total. The van der Waals surface area contributed by atoms with Gasteiger partial charge < -0.3 is 15.5 Å². The van der Waals surface area contributed by atoms with Gasteiger partial charge in [0, 0.05) is 18.6 Å². The molecule has 0 aromatic carbocycles. The van der Waals surface area contributed by atoms with Crippen LogP contribution in [0.15, 0.2) is 12.4 Å². The summed E-state index contributed by atoms with van der Waals surface area (Å²) in [5, 5.41) is 21.2. The number of carbonyl (C=O) groups is 1. The van der Waals surface area contributed by atoms with Gasteiger partial charge in [-0.2, -0.15) is 0 Å². The number of nitrogens with one attached hydrogen (secondary N) is 1. The Labute approximate surface area is 105 Å². The molecule has 2 unspecified atom stereocenters. The topological polar surface area (TPSA) is 95.3 Å². The predicted octanol–water partition coefficient (Wildman–Crippen LogP) is 1.14. The van der Waals surface area contributed by atoms with E-state index < -0.39 is 5.97 Å². The molecule has 0 bridgehead atoms. The van der Waals surface area contributed by atoms with Crippen LogP contribution in [0.3, 0.4) is 0 Å². The van der Waals surface area contributed by atoms with Gasteiger partial charge in [0.15, 0.2) is 5.69 Å². The molecule has 6 heteroatoms. The van der Waals surface area contributed by atoms with Gasteiger partial charge in [-0.15, -0.1) is 0 Å². The summed E-state index contributed by atoms with van der Waals surface area (Å²) in [4.78, 5) is 18.5. The van der Waals surface area contributed by atoms with E-state index in [9.17, 15) is 9.90 Å². The van der Waals surface area contributed by atoms with Gasteiger partial charge in [0.25, 0.3) is 0 Å². The number of anilines is 1. The molecule has 6 nitrogen and oxygen atoms in total. The molecule has 1 heterocycles. The minimum atomic E-state index is -1.08. The van der Waals surface area contributed by atoms with Gasteiger partial charge in [-0.05, 0) is 12.8 Å². The molecular weight excluding hydrogens is 234 g/mol. The molecule has 2 atom stereocenters. The zero-order valence-electron chi connectivity index (χ0n) is 10.0. The molecule has 1 saturated carbocycles. The first-order valence-corrected chi connectivity index (χ1v) is 6.13. The van der Waals surface area contributed by atoms with Crippen molar-refractivity contribution in [1.29, 1.82) is 0 Å². The monoisotopic (exact) mass is 251 g/mol. The fourth-order valence-corrected chi connectivity index (χ4v) is 2.32. The molecule has 1 fully saturated rings. The summed E-state index contributed by atoms with van der Waals surface area (Å²) < 4.78 is 0. The number of aromatic nitrogens is 2. The largest absolute Gasteiger partial charge is 0.476 e. The quantitative estimate of drug-likeness (QED) is 0.742. The van der Waals surface area contributed by atoms with Crippen LogP contribution < -0.4 is 5.32 Å². The summed E-state index contributed by atoms with van der Waals surface area (Å²) >= 11 is 0. The average molecular weight is 251 g/mol. The fourth-order valence-electron chi connectivity index (χ4n) is 2.32. The Bertz CT molecular complexity index is 408. The van der Waals surface area contributed by atoms with Gasteiger partial charge in [0.2, 0.25) is 0 Å². The molecule has 0 saturated heterocycles. The maximum absolute atomic E-state index is 10.6. The van der Waals surface area contributed by atoms with Crippen LogP contribution in [0.2, 0.25) is 0 Å². The van der Waals surface area contributed by atoms with E-state index in [1.54, 1.807) is 0 Å². The number of nitrogens with zero attached hydrogens (tertiary/aromatic N) is 2. The van der Waals surface area contributed by atoms with Crippen molar-refractivity contribution in [3.63, 3.8) is 0 Å². The van der Waals surface area contributed by atoms with E-state index in [0.717, 1.165) is 25.7 Å². The lowest BCUT2D eigenvalue weighted by Crippen LogP contribution is -2.34. The van der Waals surface area contributed by atoms with E-state index in [1.165, 1.54) is 12.4 Å². The third kappa shape index (κ3) is 2.95. The third-order valence-electron chi connectivity index (χ3n) is 3.35. The van der Waals surface area contributed by atoms with Crippen molar-refractivity contribution >= 4 is 11.8 Å². The van der Waals surface area contributed by atoms with Crippen molar-refractivity contribution < 1.29 is 15.0 Å². The molecule has 0 aliphatic heterocycles. The van der Waals surface area contributed by atoms with Gasteiger partial charge in [-0.25, -0.2) is 14.8 Å². The van der Waals surface area contributed by atoms with E-state index in [1.807, 2.05) is 0 Å². The van der Waals surface area contributed by atoms with Gasteiger partial charge in [0.1, 0.15) is 5.82 Å². The van der Waals surface area contributed by atoms with Crippen LogP contribution in [0.1, 0.15) is 36.2 Å². The van der Waals surface area contributed by atoms with Crippen molar-refractivity contribution in [3.05, 3.63) is 18.1 Å². The first-order chi connectivity index (χ1) is 8.70. The van der Waals surface area contributed by atoms with Crippen LogP contribution in [0, 0.1) is 5.92 Å². The Hall–Kier alpha value is -1.69. The molecule has 0 radical (unpaired) electrons. The third-order valence-corrected chi connectivity index (χ3v) is 3.35. The van der Waals surface area contributed by atoms with Crippen molar-refractivity contribution in [2.75, 3.05) is 11.9 Å². The van der Waals surface area contributed by atoms with Gasteiger partial charge >= 0.3 is 5.97 Å². The molecule has 0 spiro atoms. The summed E-state index contributed by atoms with van der Waals surface area (Å²) in [5.74, 6) is -0.287. The molecule has 1 aliphatic carbocycles. The first kappa shape index (κ1) is 12.8. The molecule has 0 amide bonds. The molecule has 1 aromatic rings. The number of hydrogen-bond donors (Lipinski definition) is 3. The number of aromatic carboxylic acids is 1. The van der Waals surface area contributed by atoms with E-state index in [-0.39, 0.29) is 24.3 Å².